The number of benzene rings is 1. The van der Waals surface area contributed by atoms with E-state index in [4.69, 9.17) is 4.99 Å². The van der Waals surface area contributed by atoms with Crippen LogP contribution in [0.5, 0.6) is 0 Å². The van der Waals surface area contributed by atoms with Gasteiger partial charge in [-0.25, -0.2) is 0 Å². The van der Waals surface area contributed by atoms with E-state index in [1.165, 1.54) is 11.1 Å². The Bertz CT molecular complexity index is 1090. The Kier molecular flexibility index (Phi) is 5.07. The number of halogens is 1. The fourth-order valence-electron chi connectivity index (χ4n) is 4.58. The predicted molar refractivity (Wildman–Crippen MR) is 120 cm³/mol. The number of rotatable bonds is 3. The molecule has 2 bridgehead atoms. The molecule has 0 unspecified atom stereocenters. The van der Waals surface area contributed by atoms with Crippen LogP contribution in [0, 0.1) is 5.92 Å². The van der Waals surface area contributed by atoms with Gasteiger partial charge in [0.25, 0.3) is 0 Å². The summed E-state index contributed by atoms with van der Waals surface area (Å²) in [6.07, 6.45) is 12.1. The van der Waals surface area contributed by atoms with Crippen LogP contribution in [0.15, 0.2) is 80.0 Å². The summed E-state index contributed by atoms with van der Waals surface area (Å²) in [6, 6.07) is 11.7. The molecule has 142 valence electrons. The van der Waals surface area contributed by atoms with E-state index >= 15 is 0 Å². The van der Waals surface area contributed by atoms with Crippen molar-refractivity contribution in [3.63, 3.8) is 0 Å². The number of H-pyrrole nitrogens is 1. The van der Waals surface area contributed by atoms with Crippen molar-refractivity contribution in [3.05, 3.63) is 97.4 Å². The van der Waals surface area contributed by atoms with Gasteiger partial charge in [0.15, 0.2) is 0 Å². The van der Waals surface area contributed by atoms with Crippen LogP contribution in [0.1, 0.15) is 37.1 Å². The molecule has 0 saturated heterocycles. The zero-order chi connectivity index (χ0) is 19.7. The van der Waals surface area contributed by atoms with Crippen molar-refractivity contribution in [2.24, 2.45) is 10.9 Å². The van der Waals surface area contributed by atoms with Gasteiger partial charge in [-0.15, -0.1) is 0 Å². The van der Waals surface area contributed by atoms with Crippen molar-refractivity contribution < 1.29 is 0 Å². The topological polar surface area (TPSA) is 45.2 Å². The van der Waals surface area contributed by atoms with Crippen LogP contribution in [0.4, 0.5) is 0 Å². The zero-order valence-corrected chi connectivity index (χ0v) is 17.7. The molecule has 2 aliphatic rings. The maximum atomic E-state index is 11.9. The quantitative estimate of drug-likeness (QED) is 0.496. The summed E-state index contributed by atoms with van der Waals surface area (Å²) in [5, 5.41) is 0. The van der Waals surface area contributed by atoms with Gasteiger partial charge in [-0.05, 0) is 49.6 Å². The molecule has 4 rings (SSSR count). The summed E-state index contributed by atoms with van der Waals surface area (Å²) in [5.74, 6) is 0.286. The molecule has 0 fully saturated rings. The molecule has 1 heterocycles. The predicted octanol–water partition coefficient (Wildman–Crippen LogP) is 5.59. The number of hydrogen-bond acceptors (Lipinski definition) is 2. The average molecular weight is 435 g/mol. The second kappa shape index (κ2) is 7.51. The van der Waals surface area contributed by atoms with Crippen molar-refractivity contribution >= 4 is 28.2 Å². The molecule has 4 heteroatoms. The first kappa shape index (κ1) is 18.9. The molecule has 1 N–H and O–H groups in total. The van der Waals surface area contributed by atoms with Gasteiger partial charge < -0.3 is 4.98 Å². The van der Waals surface area contributed by atoms with Crippen LogP contribution in [0.2, 0.25) is 0 Å². The molecule has 0 aliphatic heterocycles. The van der Waals surface area contributed by atoms with Crippen LogP contribution in [-0.2, 0) is 12.0 Å². The molecule has 3 nitrogen and oxygen atoms in total. The summed E-state index contributed by atoms with van der Waals surface area (Å²) in [5.41, 5.74) is 5.43. The lowest BCUT2D eigenvalue weighted by molar-refractivity contribution is 0.413. The van der Waals surface area contributed by atoms with Gasteiger partial charge in [0.05, 0.1) is 0 Å². The van der Waals surface area contributed by atoms with Gasteiger partial charge in [-0.1, -0.05) is 57.9 Å². The van der Waals surface area contributed by atoms with Gasteiger partial charge in [-0.3, -0.25) is 9.79 Å². The number of allylic oxidation sites excluding steroid dienone is 3. The third-order valence-corrected chi connectivity index (χ3v) is 6.36. The second-order valence-electron chi connectivity index (χ2n) is 7.48. The lowest BCUT2D eigenvalue weighted by Crippen LogP contribution is -2.40. The highest BCUT2D eigenvalue weighted by Crippen LogP contribution is 2.51. The Morgan fingerprint density at radius 2 is 2.07 bits per heavy atom. The van der Waals surface area contributed by atoms with Crippen LogP contribution in [0.3, 0.4) is 0 Å². The number of fused-ring (bicyclic) bond motifs is 4. The molecular weight excluding hydrogens is 412 g/mol. The summed E-state index contributed by atoms with van der Waals surface area (Å²) < 4.78 is 1.06. The lowest BCUT2D eigenvalue weighted by Gasteiger charge is -2.45. The van der Waals surface area contributed by atoms with Crippen molar-refractivity contribution in [1.29, 1.82) is 0 Å². The van der Waals surface area contributed by atoms with Crippen LogP contribution in [-0.4, -0.2) is 11.2 Å². The molecule has 0 amide bonds. The molecule has 0 spiro atoms. The summed E-state index contributed by atoms with van der Waals surface area (Å²) in [7, 11) is 0. The minimum Gasteiger partial charge on any atom is -0.326 e. The third-order valence-electron chi connectivity index (χ3n) is 5.64. The Hall–Kier alpha value is -2.46. The fourth-order valence-corrected chi connectivity index (χ4v) is 5.00. The van der Waals surface area contributed by atoms with Crippen molar-refractivity contribution in [2.45, 2.75) is 32.2 Å². The lowest BCUT2D eigenvalue weighted by atomic mass is 9.63. The van der Waals surface area contributed by atoms with E-state index in [0.717, 1.165) is 34.1 Å². The minimum atomic E-state index is -0.436. The first-order valence-corrected chi connectivity index (χ1v) is 10.4. The summed E-state index contributed by atoms with van der Waals surface area (Å²) in [4.78, 5) is 20.0. The van der Waals surface area contributed by atoms with Crippen LogP contribution in [0.25, 0.3) is 6.08 Å². The zero-order valence-electron chi connectivity index (χ0n) is 16.1. The van der Waals surface area contributed by atoms with E-state index in [2.05, 4.69) is 59.1 Å². The number of nitrogens with one attached hydrogen (secondary N) is 1. The van der Waals surface area contributed by atoms with Gasteiger partial charge >= 0.3 is 0 Å². The maximum absolute atomic E-state index is 11.9. The number of hydrogen-bond donors (Lipinski definition) is 1. The van der Waals surface area contributed by atoms with E-state index in [1.54, 1.807) is 6.07 Å². The molecule has 2 atom stereocenters. The highest BCUT2D eigenvalue weighted by Gasteiger charge is 2.46. The Morgan fingerprint density at radius 1 is 1.25 bits per heavy atom. The average Bonchev–Trinajstić information content (AvgIpc) is 2.65. The molecule has 1 aromatic carbocycles. The Balaban J connectivity index is 1.78. The highest BCUT2D eigenvalue weighted by atomic mass is 79.9. The highest BCUT2D eigenvalue weighted by molar-refractivity contribution is 9.10. The van der Waals surface area contributed by atoms with Crippen molar-refractivity contribution in [3.8, 4) is 0 Å². The summed E-state index contributed by atoms with van der Waals surface area (Å²) in [6.45, 7) is 4.27. The van der Waals surface area contributed by atoms with Crippen LogP contribution >= 0.6 is 15.9 Å². The number of nitrogens with zero attached hydrogens (tertiary/aromatic N) is 1. The van der Waals surface area contributed by atoms with E-state index in [1.807, 2.05) is 36.6 Å². The molecule has 0 radical (unpaired) electrons. The number of aliphatic imine (C=N–C) groups is 1. The third kappa shape index (κ3) is 3.26. The normalized spacial score (nSPS) is 25.3. The molecule has 1 aromatic heterocycles. The van der Waals surface area contributed by atoms with Gasteiger partial charge in [0.2, 0.25) is 5.56 Å². The fraction of sp³-hybridized carbons (Fsp3) is 0.250. The minimum absolute atomic E-state index is 0.0468. The van der Waals surface area contributed by atoms with Gasteiger partial charge in [0.1, 0.15) is 5.54 Å². The van der Waals surface area contributed by atoms with E-state index in [9.17, 15) is 4.79 Å². The van der Waals surface area contributed by atoms with Crippen molar-refractivity contribution in [2.75, 3.05) is 0 Å². The Labute approximate surface area is 173 Å². The largest absolute Gasteiger partial charge is 0.326 e. The SMILES string of the molecule is C/C=C1\[C@H]2C=C(C)C[C@]1(N=CC=Cc1ccccc1Br)c1ccc(=O)[nH]c1C2. The molecule has 28 heavy (non-hydrogen) atoms. The van der Waals surface area contributed by atoms with E-state index in [-0.39, 0.29) is 11.5 Å². The standard InChI is InChI=1S/C24H23BrN2O/c1-3-19-18-13-16(2)15-24(19,20-10-11-23(28)27-22(20)14-18)26-12-6-8-17-7-4-5-9-21(17)25/h3-13,18H,14-15H2,1-2H3,(H,27,28)/b8-6?,19-3+,26-12?/t18-,24+/m0/s1. The molecule has 2 aromatic rings. The molecular formula is C24H23BrN2O. The van der Waals surface area contributed by atoms with E-state index < -0.39 is 5.54 Å². The smallest absolute Gasteiger partial charge is 0.248 e. The van der Waals surface area contributed by atoms with Crippen molar-refractivity contribution in [1.82, 2.24) is 4.98 Å². The van der Waals surface area contributed by atoms with E-state index in [0.29, 0.717) is 0 Å². The molecule has 2 aliphatic carbocycles. The number of aromatic amines is 1. The number of aromatic nitrogens is 1. The monoisotopic (exact) mass is 434 g/mol. The first-order chi connectivity index (χ1) is 13.5. The second-order valence-corrected chi connectivity index (χ2v) is 8.33. The Morgan fingerprint density at radius 3 is 2.86 bits per heavy atom. The van der Waals surface area contributed by atoms with Gasteiger partial charge in [0, 0.05) is 40.3 Å². The number of pyridine rings is 1. The first-order valence-electron chi connectivity index (χ1n) is 9.56. The molecule has 0 saturated carbocycles. The maximum Gasteiger partial charge on any atom is 0.248 e. The summed E-state index contributed by atoms with van der Waals surface area (Å²) >= 11 is 3.58. The van der Waals surface area contributed by atoms with Gasteiger partial charge in [-0.2, -0.15) is 0 Å². The van der Waals surface area contributed by atoms with Crippen LogP contribution < -0.4 is 5.56 Å².